The molecule has 0 bridgehead atoms. The Morgan fingerprint density at radius 3 is 2.65 bits per heavy atom. The van der Waals surface area contributed by atoms with Gasteiger partial charge in [0.25, 0.3) is 5.91 Å². The Morgan fingerprint density at radius 1 is 1.35 bits per heavy atom. The largest absolute Gasteiger partial charge is 0.347 e. The topological polar surface area (TPSA) is 74.0 Å². The van der Waals surface area contributed by atoms with Gasteiger partial charge < -0.3 is 15.6 Å². The Hall–Kier alpha value is -1.62. The van der Waals surface area contributed by atoms with Crippen molar-refractivity contribution in [3.8, 4) is 0 Å². The van der Waals surface area contributed by atoms with E-state index in [0.717, 1.165) is 25.9 Å². The number of nitrogens with one attached hydrogen (secondary N) is 3. The zero-order valence-corrected chi connectivity index (χ0v) is 9.88. The van der Waals surface area contributed by atoms with E-state index in [1.54, 1.807) is 6.07 Å². The molecule has 0 atom stereocenters. The van der Waals surface area contributed by atoms with Gasteiger partial charge in [0.15, 0.2) is 0 Å². The predicted octanol–water partition coefficient (Wildman–Crippen LogP) is 0.247. The van der Waals surface area contributed by atoms with Gasteiger partial charge in [-0.1, -0.05) is 0 Å². The maximum absolute atomic E-state index is 12.0. The molecule has 2 rings (SSSR count). The maximum atomic E-state index is 12.0. The summed E-state index contributed by atoms with van der Waals surface area (Å²) in [5.41, 5.74) is 0.136. The summed E-state index contributed by atoms with van der Waals surface area (Å²) in [4.78, 5) is 25.4. The van der Waals surface area contributed by atoms with Crippen LogP contribution in [-0.4, -0.2) is 29.5 Å². The molecule has 1 aromatic rings. The van der Waals surface area contributed by atoms with Crippen LogP contribution >= 0.6 is 0 Å². The van der Waals surface area contributed by atoms with Gasteiger partial charge in [0.1, 0.15) is 0 Å². The molecule has 0 saturated carbocycles. The lowest BCUT2D eigenvalue weighted by Gasteiger charge is -2.34. The number of hydrogen-bond acceptors (Lipinski definition) is 3. The van der Waals surface area contributed by atoms with Crippen molar-refractivity contribution in [3.63, 3.8) is 0 Å². The summed E-state index contributed by atoms with van der Waals surface area (Å²) in [6.45, 7) is 3.89. The lowest BCUT2D eigenvalue weighted by Crippen LogP contribution is -2.52. The van der Waals surface area contributed by atoms with Gasteiger partial charge >= 0.3 is 0 Å². The van der Waals surface area contributed by atoms with Gasteiger partial charge in [0, 0.05) is 17.8 Å². The summed E-state index contributed by atoms with van der Waals surface area (Å²) >= 11 is 0. The van der Waals surface area contributed by atoms with Gasteiger partial charge in [-0.25, -0.2) is 0 Å². The van der Waals surface area contributed by atoms with Crippen LogP contribution in [0.3, 0.4) is 0 Å². The highest BCUT2D eigenvalue weighted by Gasteiger charge is 2.28. The minimum Gasteiger partial charge on any atom is -0.347 e. The molecule has 0 aliphatic carbocycles. The molecule has 5 heteroatoms. The highest BCUT2D eigenvalue weighted by molar-refractivity contribution is 5.94. The van der Waals surface area contributed by atoms with E-state index in [2.05, 4.69) is 22.5 Å². The molecule has 1 aliphatic rings. The normalized spacial score (nSPS) is 18.6. The molecule has 1 aliphatic heterocycles. The Bertz CT molecular complexity index is 441. The summed E-state index contributed by atoms with van der Waals surface area (Å²) in [5, 5.41) is 6.29. The molecule has 1 amide bonds. The predicted molar refractivity (Wildman–Crippen MR) is 65.0 cm³/mol. The van der Waals surface area contributed by atoms with Crippen molar-refractivity contribution in [2.45, 2.75) is 25.3 Å². The average Bonchev–Trinajstić information content (AvgIpc) is 2.30. The van der Waals surface area contributed by atoms with Gasteiger partial charge in [-0.3, -0.25) is 9.59 Å². The van der Waals surface area contributed by atoms with Crippen molar-refractivity contribution < 1.29 is 4.79 Å². The number of piperidine rings is 1. The van der Waals surface area contributed by atoms with Crippen LogP contribution in [0.2, 0.25) is 0 Å². The summed E-state index contributed by atoms with van der Waals surface area (Å²) in [6, 6.07) is 2.90. The second-order valence-corrected chi connectivity index (χ2v) is 4.71. The third-order valence-electron chi connectivity index (χ3n) is 3.17. The molecule has 3 N–H and O–H groups in total. The van der Waals surface area contributed by atoms with E-state index in [1.807, 2.05) is 0 Å². The fraction of sp³-hybridized carbons (Fsp3) is 0.500. The molecule has 0 radical (unpaired) electrons. The second-order valence-electron chi connectivity index (χ2n) is 4.71. The van der Waals surface area contributed by atoms with E-state index >= 15 is 0 Å². The Morgan fingerprint density at radius 2 is 2.06 bits per heavy atom. The SMILES string of the molecule is CC1(NC(=O)c2ccc(=O)[nH]c2)CCNCC1. The van der Waals surface area contributed by atoms with Gasteiger partial charge in [0.2, 0.25) is 5.56 Å². The number of aromatic nitrogens is 1. The summed E-state index contributed by atoms with van der Waals surface area (Å²) in [5.74, 6) is -0.134. The van der Waals surface area contributed by atoms with Gasteiger partial charge in [-0.15, -0.1) is 0 Å². The summed E-state index contributed by atoms with van der Waals surface area (Å²) in [6.07, 6.45) is 3.28. The quantitative estimate of drug-likeness (QED) is 0.687. The first kappa shape index (κ1) is 11.9. The van der Waals surface area contributed by atoms with Crippen molar-refractivity contribution in [2.24, 2.45) is 0 Å². The number of carbonyl (C=O) groups excluding carboxylic acids is 1. The van der Waals surface area contributed by atoms with E-state index in [-0.39, 0.29) is 17.0 Å². The minimum absolute atomic E-state index is 0.134. The van der Waals surface area contributed by atoms with E-state index in [0.29, 0.717) is 5.56 Å². The van der Waals surface area contributed by atoms with Gasteiger partial charge in [-0.05, 0) is 38.9 Å². The van der Waals surface area contributed by atoms with Gasteiger partial charge in [-0.2, -0.15) is 0 Å². The van der Waals surface area contributed by atoms with E-state index in [9.17, 15) is 9.59 Å². The number of aromatic amines is 1. The van der Waals surface area contributed by atoms with Gasteiger partial charge in [0.05, 0.1) is 5.56 Å². The van der Waals surface area contributed by atoms with Crippen molar-refractivity contribution in [2.75, 3.05) is 13.1 Å². The molecule has 1 aromatic heterocycles. The molecule has 0 aromatic carbocycles. The lowest BCUT2D eigenvalue weighted by atomic mass is 9.90. The van der Waals surface area contributed by atoms with E-state index in [4.69, 9.17) is 0 Å². The van der Waals surface area contributed by atoms with Crippen LogP contribution in [0.1, 0.15) is 30.1 Å². The molecule has 1 fully saturated rings. The van der Waals surface area contributed by atoms with Crippen molar-refractivity contribution in [3.05, 3.63) is 34.2 Å². The molecule has 0 spiro atoms. The number of carbonyl (C=O) groups is 1. The number of rotatable bonds is 2. The van der Waals surface area contributed by atoms with Crippen LogP contribution in [0.15, 0.2) is 23.1 Å². The first-order chi connectivity index (χ1) is 8.09. The Balaban J connectivity index is 2.05. The van der Waals surface area contributed by atoms with Crippen molar-refractivity contribution in [1.29, 1.82) is 0 Å². The Kier molecular flexibility index (Phi) is 3.28. The first-order valence-corrected chi connectivity index (χ1v) is 5.81. The van der Waals surface area contributed by atoms with Crippen molar-refractivity contribution >= 4 is 5.91 Å². The Labute approximate surface area is 99.6 Å². The molecule has 0 unspecified atom stereocenters. The maximum Gasteiger partial charge on any atom is 0.253 e. The molecule has 17 heavy (non-hydrogen) atoms. The van der Waals surface area contributed by atoms with Crippen LogP contribution in [0, 0.1) is 0 Å². The van der Waals surface area contributed by atoms with Crippen LogP contribution < -0.4 is 16.2 Å². The second kappa shape index (κ2) is 4.71. The molecule has 5 nitrogen and oxygen atoms in total. The third-order valence-corrected chi connectivity index (χ3v) is 3.17. The smallest absolute Gasteiger partial charge is 0.253 e. The number of pyridine rings is 1. The number of amides is 1. The first-order valence-electron chi connectivity index (χ1n) is 5.81. The fourth-order valence-corrected chi connectivity index (χ4v) is 2.00. The monoisotopic (exact) mass is 235 g/mol. The van der Waals surface area contributed by atoms with E-state index in [1.165, 1.54) is 12.3 Å². The van der Waals surface area contributed by atoms with Crippen LogP contribution in [-0.2, 0) is 0 Å². The van der Waals surface area contributed by atoms with E-state index < -0.39 is 0 Å². The molecular weight excluding hydrogens is 218 g/mol. The van der Waals surface area contributed by atoms with Crippen LogP contribution in [0.5, 0.6) is 0 Å². The average molecular weight is 235 g/mol. The minimum atomic E-state index is -0.199. The molecule has 2 heterocycles. The van der Waals surface area contributed by atoms with Crippen LogP contribution in [0.25, 0.3) is 0 Å². The number of hydrogen-bond donors (Lipinski definition) is 3. The highest BCUT2D eigenvalue weighted by atomic mass is 16.2. The number of H-pyrrole nitrogens is 1. The summed E-state index contributed by atoms with van der Waals surface area (Å²) < 4.78 is 0. The highest BCUT2D eigenvalue weighted by Crippen LogP contribution is 2.17. The van der Waals surface area contributed by atoms with Crippen LogP contribution in [0.4, 0.5) is 0 Å². The molecule has 1 saturated heterocycles. The lowest BCUT2D eigenvalue weighted by molar-refractivity contribution is 0.0887. The van der Waals surface area contributed by atoms with Crippen molar-refractivity contribution in [1.82, 2.24) is 15.6 Å². The molecule has 92 valence electrons. The summed E-state index contributed by atoms with van der Waals surface area (Å²) in [7, 11) is 0. The molecular formula is C12H17N3O2. The fourth-order valence-electron chi connectivity index (χ4n) is 2.00. The third kappa shape index (κ3) is 2.94. The zero-order chi connectivity index (χ0) is 12.3. The standard InChI is InChI=1S/C12H17N3O2/c1-12(4-6-13-7-5-12)15-11(17)9-2-3-10(16)14-8-9/h2-3,8,13H,4-7H2,1H3,(H,14,16)(H,15,17). The zero-order valence-electron chi connectivity index (χ0n) is 9.88.